The summed E-state index contributed by atoms with van der Waals surface area (Å²) in [4.78, 5) is 0. The van der Waals surface area contributed by atoms with Crippen molar-refractivity contribution in [3.05, 3.63) is 11.8 Å². The molecule has 70 valence electrons. The van der Waals surface area contributed by atoms with Gasteiger partial charge in [-0.05, 0) is 18.4 Å². The van der Waals surface area contributed by atoms with Crippen molar-refractivity contribution < 1.29 is 13.5 Å². The standard InChI is InChI=1S/C7H12F2N2O/c8-7(9)6(11-10)5-2-1-3-12-4-5/h4,6-7,11H,1-3,10H2. The molecular weight excluding hydrogens is 166 g/mol. The molecule has 0 bridgehead atoms. The Bertz CT molecular complexity index is 173. The molecule has 3 nitrogen and oxygen atoms in total. The molecule has 0 aromatic carbocycles. The Morgan fingerprint density at radius 3 is 2.75 bits per heavy atom. The smallest absolute Gasteiger partial charge is 0.258 e. The van der Waals surface area contributed by atoms with Crippen LogP contribution in [0.15, 0.2) is 11.8 Å². The highest BCUT2D eigenvalue weighted by molar-refractivity contribution is 5.10. The van der Waals surface area contributed by atoms with Gasteiger partial charge < -0.3 is 4.74 Å². The van der Waals surface area contributed by atoms with E-state index in [0.717, 1.165) is 6.42 Å². The van der Waals surface area contributed by atoms with Gasteiger partial charge in [-0.15, -0.1) is 0 Å². The predicted molar refractivity (Wildman–Crippen MR) is 40.4 cm³/mol. The Kier molecular flexibility index (Phi) is 3.43. The van der Waals surface area contributed by atoms with Gasteiger partial charge in [-0.2, -0.15) is 0 Å². The van der Waals surface area contributed by atoms with Gasteiger partial charge in [0.05, 0.1) is 12.9 Å². The van der Waals surface area contributed by atoms with Crippen molar-refractivity contribution >= 4 is 0 Å². The minimum atomic E-state index is -2.48. The third kappa shape index (κ3) is 2.15. The van der Waals surface area contributed by atoms with Crippen LogP contribution in [0.1, 0.15) is 12.8 Å². The van der Waals surface area contributed by atoms with Gasteiger partial charge in [-0.25, -0.2) is 14.2 Å². The molecule has 0 spiro atoms. The van der Waals surface area contributed by atoms with Crippen LogP contribution >= 0.6 is 0 Å². The van der Waals surface area contributed by atoms with Gasteiger partial charge in [0.2, 0.25) is 0 Å². The molecule has 1 unspecified atom stereocenters. The van der Waals surface area contributed by atoms with E-state index in [9.17, 15) is 8.78 Å². The van der Waals surface area contributed by atoms with Crippen molar-refractivity contribution in [3.63, 3.8) is 0 Å². The molecule has 0 aromatic heterocycles. The van der Waals surface area contributed by atoms with E-state index in [1.54, 1.807) is 0 Å². The Labute approximate surface area is 69.5 Å². The summed E-state index contributed by atoms with van der Waals surface area (Å²) < 4.78 is 29.4. The lowest BCUT2D eigenvalue weighted by atomic mass is 10.0. The Balaban J connectivity index is 2.57. The van der Waals surface area contributed by atoms with E-state index in [-0.39, 0.29) is 0 Å². The lowest BCUT2D eigenvalue weighted by molar-refractivity contribution is 0.105. The van der Waals surface area contributed by atoms with Gasteiger partial charge in [-0.1, -0.05) is 0 Å². The summed E-state index contributed by atoms with van der Waals surface area (Å²) in [6.07, 6.45) is 0.291. The highest BCUT2D eigenvalue weighted by Gasteiger charge is 2.24. The average Bonchev–Trinajstić information content (AvgIpc) is 2.07. The second kappa shape index (κ2) is 4.37. The molecule has 3 N–H and O–H groups in total. The molecule has 12 heavy (non-hydrogen) atoms. The monoisotopic (exact) mass is 178 g/mol. The van der Waals surface area contributed by atoms with Crippen molar-refractivity contribution in [3.8, 4) is 0 Å². The van der Waals surface area contributed by atoms with E-state index in [2.05, 4.69) is 5.43 Å². The van der Waals surface area contributed by atoms with Crippen LogP contribution in [0, 0.1) is 0 Å². The van der Waals surface area contributed by atoms with Crippen molar-refractivity contribution in [1.29, 1.82) is 0 Å². The van der Waals surface area contributed by atoms with Crippen LogP contribution in [0.2, 0.25) is 0 Å². The first kappa shape index (κ1) is 9.41. The zero-order valence-electron chi connectivity index (χ0n) is 6.59. The van der Waals surface area contributed by atoms with Crippen molar-refractivity contribution in [1.82, 2.24) is 5.43 Å². The normalized spacial score (nSPS) is 20.2. The summed E-state index contributed by atoms with van der Waals surface area (Å²) in [7, 11) is 0. The predicted octanol–water partition coefficient (Wildman–Crippen LogP) is 0.778. The summed E-state index contributed by atoms with van der Waals surface area (Å²) in [5, 5.41) is 0. The lowest BCUT2D eigenvalue weighted by Gasteiger charge is -2.21. The third-order valence-electron chi connectivity index (χ3n) is 1.79. The second-order valence-electron chi connectivity index (χ2n) is 2.65. The number of hydrogen-bond acceptors (Lipinski definition) is 3. The first-order chi connectivity index (χ1) is 5.75. The largest absolute Gasteiger partial charge is 0.501 e. The van der Waals surface area contributed by atoms with Crippen molar-refractivity contribution in [2.45, 2.75) is 25.3 Å². The number of halogens is 2. The number of hydrazine groups is 1. The molecule has 1 rings (SSSR count). The Morgan fingerprint density at radius 1 is 1.58 bits per heavy atom. The van der Waals surface area contributed by atoms with Crippen LogP contribution < -0.4 is 11.3 Å². The maximum Gasteiger partial charge on any atom is 0.258 e. The van der Waals surface area contributed by atoms with Crippen molar-refractivity contribution in [2.24, 2.45) is 5.84 Å². The molecule has 1 aliphatic rings. The maximum absolute atomic E-state index is 12.2. The highest BCUT2D eigenvalue weighted by atomic mass is 19.3. The molecule has 0 fully saturated rings. The summed E-state index contributed by atoms with van der Waals surface area (Å²) in [6.45, 7) is 0.601. The fourth-order valence-corrected chi connectivity index (χ4v) is 1.15. The van der Waals surface area contributed by atoms with E-state index in [1.165, 1.54) is 6.26 Å². The highest BCUT2D eigenvalue weighted by Crippen LogP contribution is 2.19. The zero-order chi connectivity index (χ0) is 8.97. The molecule has 0 saturated heterocycles. The van der Waals surface area contributed by atoms with Gasteiger partial charge in [0, 0.05) is 0 Å². The molecule has 0 saturated carbocycles. The molecule has 0 amide bonds. The van der Waals surface area contributed by atoms with Gasteiger partial charge in [-0.3, -0.25) is 5.84 Å². The van der Waals surface area contributed by atoms with Gasteiger partial charge in [0.15, 0.2) is 0 Å². The first-order valence-corrected chi connectivity index (χ1v) is 3.80. The van der Waals surface area contributed by atoms with Gasteiger partial charge in [0.25, 0.3) is 6.43 Å². The average molecular weight is 178 g/mol. The van der Waals surface area contributed by atoms with E-state index in [1.807, 2.05) is 0 Å². The quantitative estimate of drug-likeness (QED) is 0.496. The fraction of sp³-hybridized carbons (Fsp3) is 0.714. The summed E-state index contributed by atoms with van der Waals surface area (Å²) >= 11 is 0. The number of alkyl halides is 2. The number of nitrogens with two attached hydrogens (primary N) is 1. The second-order valence-corrected chi connectivity index (χ2v) is 2.65. The van der Waals surface area contributed by atoms with Crippen LogP contribution in [0.5, 0.6) is 0 Å². The number of rotatable bonds is 3. The molecule has 1 heterocycles. The summed E-state index contributed by atoms with van der Waals surface area (Å²) in [6, 6.07) is -1.06. The van der Waals surface area contributed by atoms with Crippen LogP contribution in [0.25, 0.3) is 0 Å². The number of hydrogen-bond donors (Lipinski definition) is 2. The minimum Gasteiger partial charge on any atom is -0.501 e. The van der Waals surface area contributed by atoms with E-state index >= 15 is 0 Å². The topological polar surface area (TPSA) is 47.3 Å². The molecule has 1 atom stereocenters. The Morgan fingerprint density at radius 2 is 2.33 bits per heavy atom. The van der Waals surface area contributed by atoms with E-state index in [0.29, 0.717) is 18.6 Å². The number of ether oxygens (including phenoxy) is 1. The minimum absolute atomic E-state index is 0.541. The maximum atomic E-state index is 12.2. The van der Waals surface area contributed by atoms with Crippen LogP contribution in [0.4, 0.5) is 8.78 Å². The lowest BCUT2D eigenvalue weighted by Crippen LogP contribution is -2.42. The molecule has 0 aromatic rings. The van der Waals surface area contributed by atoms with Crippen molar-refractivity contribution in [2.75, 3.05) is 6.61 Å². The molecule has 0 aliphatic carbocycles. The van der Waals surface area contributed by atoms with Crippen LogP contribution in [-0.4, -0.2) is 19.1 Å². The van der Waals surface area contributed by atoms with Crippen LogP contribution in [0.3, 0.4) is 0 Å². The fourth-order valence-electron chi connectivity index (χ4n) is 1.15. The van der Waals surface area contributed by atoms with Gasteiger partial charge in [0.1, 0.15) is 6.04 Å². The molecule has 1 aliphatic heterocycles. The number of nitrogens with one attached hydrogen (secondary N) is 1. The summed E-state index contributed by atoms with van der Waals surface area (Å²) in [5.74, 6) is 4.98. The van der Waals surface area contributed by atoms with E-state index in [4.69, 9.17) is 10.6 Å². The van der Waals surface area contributed by atoms with E-state index < -0.39 is 12.5 Å². The zero-order valence-corrected chi connectivity index (χ0v) is 6.59. The SMILES string of the molecule is NNC(C1=COCCC1)C(F)F. The van der Waals surface area contributed by atoms with Crippen LogP contribution in [-0.2, 0) is 4.74 Å². The van der Waals surface area contributed by atoms with Gasteiger partial charge >= 0.3 is 0 Å². The Hall–Kier alpha value is -0.680. The first-order valence-electron chi connectivity index (χ1n) is 3.80. The molecule has 5 heteroatoms. The third-order valence-corrected chi connectivity index (χ3v) is 1.79. The summed E-state index contributed by atoms with van der Waals surface area (Å²) in [5.41, 5.74) is 2.61. The molecule has 0 radical (unpaired) electrons. The molecular formula is C7H12F2N2O.